The summed E-state index contributed by atoms with van der Waals surface area (Å²) in [5.41, 5.74) is 1.41. The minimum absolute atomic E-state index is 0.245. The molecule has 0 saturated carbocycles. The molecular weight excluding hydrogens is 288 g/mol. The smallest absolute Gasteiger partial charge is 0.374 e. The van der Waals surface area contributed by atoms with Crippen molar-refractivity contribution in [3.05, 3.63) is 51.9 Å². The molecule has 0 atom stereocenters. The molecule has 0 saturated heterocycles. The molecule has 0 bridgehead atoms. The lowest BCUT2D eigenvalue weighted by atomic mass is 10.1. The van der Waals surface area contributed by atoms with Gasteiger partial charge in [0.2, 0.25) is 5.76 Å². The zero-order chi connectivity index (χ0) is 14.8. The molecule has 1 aromatic carbocycles. The maximum absolute atomic E-state index is 12.1. The Labute approximate surface area is 125 Å². The number of carbonyl (C=O) groups is 1. The van der Waals surface area contributed by atoms with Crippen LogP contribution >= 0.6 is 11.3 Å². The fourth-order valence-corrected chi connectivity index (χ4v) is 2.73. The molecule has 108 valence electrons. The molecule has 0 N–H and O–H groups in total. The van der Waals surface area contributed by atoms with Crippen LogP contribution in [0.1, 0.15) is 21.0 Å². The van der Waals surface area contributed by atoms with Gasteiger partial charge in [-0.15, -0.1) is 11.3 Å². The lowest BCUT2D eigenvalue weighted by molar-refractivity contribution is 0.0441. The van der Waals surface area contributed by atoms with Crippen LogP contribution in [0.15, 0.2) is 40.1 Å². The number of fused-ring (bicyclic) bond motifs is 1. The molecule has 0 aliphatic heterocycles. The third-order valence-electron chi connectivity index (χ3n) is 3.25. The van der Waals surface area contributed by atoms with E-state index < -0.39 is 5.97 Å². The molecule has 0 spiro atoms. The van der Waals surface area contributed by atoms with Crippen molar-refractivity contribution in [3.8, 4) is 5.75 Å². The van der Waals surface area contributed by atoms with Crippen molar-refractivity contribution >= 4 is 28.3 Å². The van der Waals surface area contributed by atoms with E-state index in [-0.39, 0.29) is 12.4 Å². The van der Waals surface area contributed by atoms with Gasteiger partial charge in [-0.1, -0.05) is 6.07 Å². The number of carbonyl (C=O) groups excluding carboxylic acids is 1. The van der Waals surface area contributed by atoms with Crippen molar-refractivity contribution in [1.29, 1.82) is 0 Å². The Morgan fingerprint density at radius 1 is 1.33 bits per heavy atom. The second-order valence-electron chi connectivity index (χ2n) is 4.57. The molecule has 3 aromatic rings. The number of ether oxygens (including phenoxy) is 2. The molecule has 2 aromatic heterocycles. The summed E-state index contributed by atoms with van der Waals surface area (Å²) in [6.07, 6.45) is 0. The first kappa shape index (κ1) is 13.7. The summed E-state index contributed by atoms with van der Waals surface area (Å²) in [4.78, 5) is 13.1. The predicted molar refractivity (Wildman–Crippen MR) is 80.9 cm³/mol. The lowest BCUT2D eigenvalue weighted by Crippen LogP contribution is -2.04. The normalized spacial score (nSPS) is 10.8. The SMILES string of the molecule is COc1ccc2oc(C(=O)OCc3cccs3)c(C)c2c1. The van der Waals surface area contributed by atoms with E-state index in [4.69, 9.17) is 13.9 Å². The highest BCUT2D eigenvalue weighted by atomic mass is 32.1. The van der Waals surface area contributed by atoms with Crippen molar-refractivity contribution in [2.24, 2.45) is 0 Å². The largest absolute Gasteiger partial charge is 0.497 e. The van der Waals surface area contributed by atoms with Crippen molar-refractivity contribution in [3.63, 3.8) is 0 Å². The minimum atomic E-state index is -0.448. The van der Waals surface area contributed by atoms with Crippen molar-refractivity contribution in [2.45, 2.75) is 13.5 Å². The number of hydrogen-bond acceptors (Lipinski definition) is 5. The average Bonchev–Trinajstić information content (AvgIpc) is 3.13. The monoisotopic (exact) mass is 302 g/mol. The molecule has 0 aliphatic rings. The number of rotatable bonds is 4. The quantitative estimate of drug-likeness (QED) is 0.679. The van der Waals surface area contributed by atoms with Crippen LogP contribution in [0.3, 0.4) is 0 Å². The van der Waals surface area contributed by atoms with Gasteiger partial charge in [0.1, 0.15) is 17.9 Å². The molecule has 21 heavy (non-hydrogen) atoms. The molecule has 0 radical (unpaired) electrons. The van der Waals surface area contributed by atoms with Crippen LogP contribution in [0.5, 0.6) is 5.75 Å². The van der Waals surface area contributed by atoms with Crippen LogP contribution in [-0.2, 0) is 11.3 Å². The van der Waals surface area contributed by atoms with Crippen molar-refractivity contribution in [1.82, 2.24) is 0 Å². The van der Waals surface area contributed by atoms with Crippen molar-refractivity contribution < 1.29 is 18.7 Å². The van der Waals surface area contributed by atoms with Gasteiger partial charge in [0.25, 0.3) is 0 Å². The van der Waals surface area contributed by atoms with E-state index in [0.29, 0.717) is 5.58 Å². The summed E-state index contributed by atoms with van der Waals surface area (Å²) in [6.45, 7) is 2.10. The zero-order valence-electron chi connectivity index (χ0n) is 11.7. The fraction of sp³-hybridized carbons (Fsp3) is 0.188. The standard InChI is InChI=1S/C16H14O4S/c1-10-13-8-11(18-2)5-6-14(13)20-15(10)16(17)19-9-12-4-3-7-21-12/h3-8H,9H2,1-2H3. The molecule has 0 amide bonds. The van der Waals surface area contributed by atoms with Gasteiger partial charge in [-0.2, -0.15) is 0 Å². The third-order valence-corrected chi connectivity index (χ3v) is 4.10. The molecule has 0 aliphatic carbocycles. The van der Waals surface area contributed by atoms with E-state index in [1.807, 2.05) is 30.5 Å². The first-order valence-corrected chi connectivity index (χ1v) is 7.33. The molecule has 4 nitrogen and oxygen atoms in total. The highest BCUT2D eigenvalue weighted by Gasteiger charge is 2.19. The molecule has 3 rings (SSSR count). The second kappa shape index (κ2) is 5.61. The summed E-state index contributed by atoms with van der Waals surface area (Å²) >= 11 is 1.55. The van der Waals surface area contributed by atoms with Gasteiger partial charge in [0.05, 0.1) is 7.11 Å². The van der Waals surface area contributed by atoms with Gasteiger partial charge in [0.15, 0.2) is 0 Å². The van der Waals surface area contributed by atoms with Gasteiger partial charge in [-0.3, -0.25) is 0 Å². The Morgan fingerprint density at radius 3 is 2.90 bits per heavy atom. The summed E-state index contributed by atoms with van der Waals surface area (Å²) in [5, 5.41) is 2.81. The summed E-state index contributed by atoms with van der Waals surface area (Å²) in [6, 6.07) is 9.29. The van der Waals surface area contributed by atoms with Crippen LogP contribution in [0.25, 0.3) is 11.0 Å². The summed E-state index contributed by atoms with van der Waals surface area (Å²) in [7, 11) is 1.60. The molecule has 0 unspecified atom stereocenters. The molecule has 2 heterocycles. The Bertz CT molecular complexity index is 771. The van der Waals surface area contributed by atoms with E-state index >= 15 is 0 Å². The highest BCUT2D eigenvalue weighted by Crippen LogP contribution is 2.29. The number of aryl methyl sites for hydroxylation is 1. The van der Waals surface area contributed by atoms with E-state index in [1.54, 1.807) is 30.6 Å². The van der Waals surface area contributed by atoms with Gasteiger partial charge in [0, 0.05) is 15.8 Å². The van der Waals surface area contributed by atoms with Gasteiger partial charge in [-0.05, 0) is 36.6 Å². The first-order valence-electron chi connectivity index (χ1n) is 6.45. The van der Waals surface area contributed by atoms with Gasteiger partial charge >= 0.3 is 5.97 Å². The number of thiophene rings is 1. The Morgan fingerprint density at radius 2 is 2.19 bits per heavy atom. The maximum Gasteiger partial charge on any atom is 0.374 e. The van der Waals surface area contributed by atoms with Crippen molar-refractivity contribution in [2.75, 3.05) is 7.11 Å². The number of methoxy groups -OCH3 is 1. The topological polar surface area (TPSA) is 48.7 Å². The van der Waals surface area contributed by atoms with Gasteiger partial charge < -0.3 is 13.9 Å². The van der Waals surface area contributed by atoms with Crippen LogP contribution in [0.4, 0.5) is 0 Å². The average molecular weight is 302 g/mol. The molecule has 5 heteroatoms. The molecule has 0 fully saturated rings. The Hall–Kier alpha value is -2.27. The van der Waals surface area contributed by atoms with Gasteiger partial charge in [-0.25, -0.2) is 4.79 Å². The number of esters is 1. The van der Waals surface area contributed by atoms with E-state index in [0.717, 1.165) is 21.6 Å². The molecular formula is C16H14O4S. The van der Waals surface area contributed by atoms with Crippen LogP contribution in [-0.4, -0.2) is 13.1 Å². The van der Waals surface area contributed by atoms with Crippen LogP contribution in [0.2, 0.25) is 0 Å². The van der Waals surface area contributed by atoms with E-state index in [2.05, 4.69) is 0 Å². The number of hydrogen-bond donors (Lipinski definition) is 0. The summed E-state index contributed by atoms with van der Waals surface area (Å²) < 4.78 is 16.1. The number of furan rings is 1. The Balaban J connectivity index is 1.85. The fourth-order valence-electron chi connectivity index (χ4n) is 2.12. The zero-order valence-corrected chi connectivity index (χ0v) is 12.5. The third kappa shape index (κ3) is 2.64. The lowest BCUT2D eigenvalue weighted by Gasteiger charge is -2.01. The maximum atomic E-state index is 12.1. The second-order valence-corrected chi connectivity index (χ2v) is 5.61. The number of benzene rings is 1. The highest BCUT2D eigenvalue weighted by molar-refractivity contribution is 7.09. The minimum Gasteiger partial charge on any atom is -0.497 e. The van der Waals surface area contributed by atoms with E-state index in [9.17, 15) is 4.79 Å². The first-order chi connectivity index (χ1) is 10.2. The van der Waals surface area contributed by atoms with E-state index in [1.165, 1.54) is 0 Å². The predicted octanol–water partition coefficient (Wildman–Crippen LogP) is 4.17. The van der Waals surface area contributed by atoms with Crippen LogP contribution in [0, 0.1) is 6.92 Å². The summed E-state index contributed by atoms with van der Waals surface area (Å²) in [5.74, 6) is 0.524. The van der Waals surface area contributed by atoms with Crippen LogP contribution < -0.4 is 4.74 Å². The Kier molecular flexibility index (Phi) is 3.66.